The van der Waals surface area contributed by atoms with E-state index in [1.807, 2.05) is 74.7 Å². The van der Waals surface area contributed by atoms with E-state index in [2.05, 4.69) is 13.2 Å². The lowest BCUT2D eigenvalue weighted by Crippen LogP contribution is -2.56. The second-order valence-corrected chi connectivity index (χ2v) is 23.7. The Hall–Kier alpha value is -2.78. The Kier molecular flexibility index (Phi) is 12.7. The van der Waals surface area contributed by atoms with Gasteiger partial charge in [-0.25, -0.2) is 9.59 Å². The van der Waals surface area contributed by atoms with E-state index >= 15 is 0 Å². The number of ether oxygens (including phenoxy) is 2. The van der Waals surface area contributed by atoms with Gasteiger partial charge in [-0.15, -0.1) is 0 Å². The molecule has 0 N–H and O–H groups in total. The maximum absolute atomic E-state index is 13.4. The molecule has 0 heterocycles. The van der Waals surface area contributed by atoms with Crippen LogP contribution in [-0.4, -0.2) is 43.3 Å². The molecule has 12 heteroatoms. The molecule has 0 aliphatic rings. The average Bonchev–Trinajstić information content (AvgIpc) is 2.88. The Bertz CT molecular complexity index is 1160. The summed E-state index contributed by atoms with van der Waals surface area (Å²) in [7, 11) is -8.42. The van der Waals surface area contributed by atoms with Gasteiger partial charge in [-0.05, 0) is 73.1 Å². The minimum atomic E-state index is -4.33. The summed E-state index contributed by atoms with van der Waals surface area (Å²) in [6, 6.07) is 16.0. The van der Waals surface area contributed by atoms with Gasteiger partial charge in [0.05, 0.1) is 0 Å². The van der Waals surface area contributed by atoms with Crippen LogP contribution in [0.5, 0.6) is 0 Å². The Morgan fingerprint density at radius 1 is 0.738 bits per heavy atom. The lowest BCUT2D eigenvalue weighted by Gasteiger charge is -2.41. The number of carbonyl (C=O) groups is 2. The number of halogens is 3. The predicted molar refractivity (Wildman–Crippen MR) is 165 cm³/mol. The smallest absolute Gasteiger partial charge is 0.389 e. The molecule has 0 amide bonds. The second-order valence-electron chi connectivity index (χ2n) is 11.6. The van der Waals surface area contributed by atoms with Gasteiger partial charge in [0.2, 0.25) is 0 Å². The van der Waals surface area contributed by atoms with E-state index in [9.17, 15) is 22.8 Å². The largest absolute Gasteiger partial charge is 0.458 e. The normalized spacial score (nSPS) is 12.5. The molecule has 0 fully saturated rings. The first-order valence-corrected chi connectivity index (χ1v) is 22.4. The van der Waals surface area contributed by atoms with Crippen LogP contribution < -0.4 is 0 Å². The van der Waals surface area contributed by atoms with Crippen molar-refractivity contribution < 1.29 is 40.5 Å². The molecule has 0 aliphatic carbocycles. The van der Waals surface area contributed by atoms with Crippen molar-refractivity contribution in [2.45, 2.75) is 76.7 Å². The van der Waals surface area contributed by atoms with Crippen molar-refractivity contribution in [1.29, 1.82) is 0 Å². The summed E-state index contributed by atoms with van der Waals surface area (Å²) in [5.41, 5.74) is 3.51. The molecule has 0 radical (unpaired) electrons. The number of carbonyl (C=O) groups excluding carboxylic acids is 2. The summed E-state index contributed by atoms with van der Waals surface area (Å²) >= 11 is 0. The van der Waals surface area contributed by atoms with Crippen molar-refractivity contribution in [1.82, 2.24) is 0 Å². The fourth-order valence-electron chi connectivity index (χ4n) is 4.80. The highest BCUT2D eigenvalue weighted by Crippen LogP contribution is 2.33. The van der Waals surface area contributed by atoms with Crippen molar-refractivity contribution in [3.8, 4) is 0 Å². The summed E-state index contributed by atoms with van der Waals surface area (Å²) in [6.07, 6.45) is -3.10. The molecule has 2 aromatic carbocycles. The monoisotopic (exact) mass is 638 g/mol. The fourth-order valence-corrected chi connectivity index (χ4v) is 19.2. The third-order valence-corrected chi connectivity index (χ3v) is 17.7. The Morgan fingerprint density at radius 2 is 1.12 bits per heavy atom. The highest BCUT2D eigenvalue weighted by Gasteiger charge is 2.45. The number of esters is 2. The van der Waals surface area contributed by atoms with Crippen LogP contribution in [0.3, 0.4) is 0 Å². The molecule has 0 unspecified atom stereocenters. The quantitative estimate of drug-likeness (QED) is 0.108. The number of rotatable bonds is 16. The topological polar surface area (TPSA) is 71.1 Å². The molecule has 2 rings (SSSR count). The molecular weight excluding hydrogens is 598 g/mol. The molecule has 0 bridgehead atoms. The summed E-state index contributed by atoms with van der Waals surface area (Å²) in [6.45, 7) is 16.7. The first kappa shape index (κ1) is 35.4. The minimum Gasteiger partial charge on any atom is -0.458 e. The van der Waals surface area contributed by atoms with Crippen LogP contribution in [0, 0.1) is 0 Å². The molecule has 0 saturated heterocycles. The lowest BCUT2D eigenvalue weighted by atomic mass is 10.1. The maximum Gasteiger partial charge on any atom is 0.389 e. The molecule has 0 aliphatic heterocycles. The standard InChI is InChI=1S/C30H41F3O6Si3/c1-8-28(34)36-20-24-12-10-14-26(18-24)22-40(3,4)38-42(7,17-16-30(31,32)33)39-41(5,6)23-27-15-11-13-25(19-27)21-37-29(35)9-2/h8-15,18-19H,1-2,16-17,20-23H2,3-7H3. The van der Waals surface area contributed by atoms with E-state index in [-0.39, 0.29) is 19.3 Å². The Balaban J connectivity index is 2.21. The van der Waals surface area contributed by atoms with Gasteiger partial charge in [0, 0.05) is 18.6 Å². The van der Waals surface area contributed by atoms with Crippen molar-refractivity contribution in [2.75, 3.05) is 0 Å². The van der Waals surface area contributed by atoms with Gasteiger partial charge >= 0.3 is 26.7 Å². The average molecular weight is 639 g/mol. The first-order chi connectivity index (χ1) is 19.4. The minimum absolute atomic E-state index is 0.0976. The predicted octanol–water partition coefficient (Wildman–Crippen LogP) is 7.48. The molecule has 0 saturated carbocycles. The van der Waals surface area contributed by atoms with Gasteiger partial charge in [-0.1, -0.05) is 61.7 Å². The number of benzene rings is 2. The molecule has 0 atom stereocenters. The third kappa shape index (κ3) is 13.5. The molecule has 0 spiro atoms. The zero-order valence-electron chi connectivity index (χ0n) is 25.0. The van der Waals surface area contributed by atoms with Gasteiger partial charge in [-0.3, -0.25) is 0 Å². The highest BCUT2D eigenvalue weighted by atomic mass is 28.5. The summed E-state index contributed by atoms with van der Waals surface area (Å²) in [5, 5.41) is 0. The zero-order chi connectivity index (χ0) is 31.6. The van der Waals surface area contributed by atoms with Crippen LogP contribution >= 0.6 is 0 Å². The van der Waals surface area contributed by atoms with Crippen LogP contribution in [-0.2, 0) is 52.6 Å². The third-order valence-electron chi connectivity index (χ3n) is 6.18. The van der Waals surface area contributed by atoms with E-state index in [1.54, 1.807) is 6.55 Å². The van der Waals surface area contributed by atoms with Crippen LogP contribution in [0.15, 0.2) is 73.8 Å². The van der Waals surface area contributed by atoms with E-state index in [0.29, 0.717) is 12.1 Å². The van der Waals surface area contributed by atoms with Gasteiger partial charge in [-0.2, -0.15) is 13.2 Å². The van der Waals surface area contributed by atoms with Crippen molar-refractivity contribution in [3.63, 3.8) is 0 Å². The van der Waals surface area contributed by atoms with Crippen LogP contribution in [0.2, 0.25) is 38.8 Å². The molecule has 2 aromatic rings. The Morgan fingerprint density at radius 3 is 1.48 bits per heavy atom. The maximum atomic E-state index is 13.4. The zero-order valence-corrected chi connectivity index (χ0v) is 28.0. The molecule has 230 valence electrons. The van der Waals surface area contributed by atoms with Crippen LogP contribution in [0.1, 0.15) is 28.7 Å². The van der Waals surface area contributed by atoms with Crippen LogP contribution in [0.4, 0.5) is 13.2 Å². The highest BCUT2D eigenvalue weighted by molar-refractivity contribution is 6.88. The van der Waals surface area contributed by atoms with Gasteiger partial charge in [0.25, 0.3) is 0 Å². The molecular formula is C30H41F3O6Si3. The summed E-state index contributed by atoms with van der Waals surface area (Å²) in [5.74, 6) is -1.03. The number of hydrogen-bond acceptors (Lipinski definition) is 6. The van der Waals surface area contributed by atoms with Gasteiger partial charge in [0.15, 0.2) is 16.6 Å². The molecule has 0 aromatic heterocycles. The van der Waals surface area contributed by atoms with Crippen molar-refractivity contribution >= 4 is 37.1 Å². The first-order valence-electron chi connectivity index (χ1n) is 13.6. The summed E-state index contributed by atoms with van der Waals surface area (Å²) in [4.78, 5) is 22.9. The number of alkyl halides is 3. The molecule has 6 nitrogen and oxygen atoms in total. The van der Waals surface area contributed by atoms with Crippen molar-refractivity contribution in [2.24, 2.45) is 0 Å². The van der Waals surface area contributed by atoms with E-state index in [0.717, 1.165) is 34.4 Å². The fraction of sp³-hybridized carbons (Fsp3) is 0.400. The van der Waals surface area contributed by atoms with Gasteiger partial charge < -0.3 is 17.7 Å². The number of hydrogen-bond donors (Lipinski definition) is 0. The van der Waals surface area contributed by atoms with Crippen LogP contribution in [0.25, 0.3) is 0 Å². The van der Waals surface area contributed by atoms with Crippen molar-refractivity contribution in [3.05, 3.63) is 96.1 Å². The molecule has 42 heavy (non-hydrogen) atoms. The Labute approximate surface area is 250 Å². The van der Waals surface area contributed by atoms with E-state index in [4.69, 9.17) is 17.7 Å². The van der Waals surface area contributed by atoms with E-state index < -0.39 is 49.7 Å². The van der Waals surface area contributed by atoms with Gasteiger partial charge in [0.1, 0.15) is 13.2 Å². The second kappa shape index (κ2) is 15.1. The SMILES string of the molecule is C=CC(=O)OCc1cccc(C[Si](C)(C)O[Si](C)(CCC(F)(F)F)O[Si](C)(C)Cc2cccc(COC(=O)C=C)c2)c1. The lowest BCUT2D eigenvalue weighted by molar-refractivity contribution is -0.139. The van der Waals surface area contributed by atoms with E-state index in [1.165, 1.54) is 0 Å². The summed E-state index contributed by atoms with van der Waals surface area (Å²) < 4.78 is 63.8.